The summed E-state index contributed by atoms with van der Waals surface area (Å²) in [5.41, 5.74) is 1.35. The van der Waals surface area contributed by atoms with E-state index in [0.717, 1.165) is 18.3 Å². The fraction of sp³-hybridized carbons (Fsp3) is 0.625. The zero-order valence-corrected chi connectivity index (χ0v) is 13.8. The van der Waals surface area contributed by atoms with Crippen molar-refractivity contribution >= 4 is 15.9 Å². The van der Waals surface area contributed by atoms with Crippen molar-refractivity contribution < 1.29 is 4.74 Å². The maximum absolute atomic E-state index is 5.39. The maximum Gasteiger partial charge on any atom is 0.119 e. The molecule has 0 amide bonds. The van der Waals surface area contributed by atoms with Gasteiger partial charge in [-0.15, -0.1) is 0 Å². The molecular formula is C16H23BrN2O. The van der Waals surface area contributed by atoms with Gasteiger partial charge >= 0.3 is 0 Å². The Morgan fingerprint density at radius 3 is 2.85 bits per heavy atom. The quantitative estimate of drug-likeness (QED) is 0.892. The number of halogens is 1. The van der Waals surface area contributed by atoms with Gasteiger partial charge in [-0.3, -0.25) is 4.90 Å². The summed E-state index contributed by atoms with van der Waals surface area (Å²) in [5.74, 6) is 1.63. The zero-order chi connectivity index (χ0) is 14.1. The first kappa shape index (κ1) is 14.4. The van der Waals surface area contributed by atoms with Crippen LogP contribution in [0.15, 0.2) is 22.7 Å². The predicted molar refractivity (Wildman–Crippen MR) is 85.2 cm³/mol. The standard InChI is InChI=1S/C16H23BrN2O/c1-19-8-7-11(10-18-12-3-4-12)16(19)14-9-13(20-2)5-6-15(14)17/h5-6,9,11-12,16,18H,3-4,7-8,10H2,1-2H3. The second-order valence-corrected chi connectivity index (χ2v) is 6.90. The second-order valence-electron chi connectivity index (χ2n) is 6.04. The monoisotopic (exact) mass is 338 g/mol. The average Bonchev–Trinajstić information content (AvgIpc) is 3.21. The molecule has 110 valence electrons. The Hall–Kier alpha value is -0.580. The molecule has 1 aliphatic heterocycles. The maximum atomic E-state index is 5.39. The highest BCUT2D eigenvalue weighted by atomic mass is 79.9. The fourth-order valence-corrected chi connectivity index (χ4v) is 3.69. The lowest BCUT2D eigenvalue weighted by Crippen LogP contribution is -2.29. The third kappa shape index (κ3) is 3.02. The number of ether oxygens (including phenoxy) is 1. The number of methoxy groups -OCH3 is 1. The molecule has 1 N–H and O–H groups in total. The molecule has 1 saturated heterocycles. The van der Waals surface area contributed by atoms with Gasteiger partial charge in [-0.25, -0.2) is 0 Å². The van der Waals surface area contributed by atoms with Crippen molar-refractivity contribution in [3.8, 4) is 5.75 Å². The van der Waals surface area contributed by atoms with Crippen LogP contribution in [0, 0.1) is 5.92 Å². The lowest BCUT2D eigenvalue weighted by Gasteiger charge is -2.27. The van der Waals surface area contributed by atoms with Crippen LogP contribution in [0.3, 0.4) is 0 Å². The predicted octanol–water partition coefficient (Wildman–Crippen LogP) is 3.20. The number of likely N-dealkylation sites (tertiary alicyclic amines) is 1. The molecule has 1 aliphatic carbocycles. The third-order valence-electron chi connectivity index (χ3n) is 4.54. The van der Waals surface area contributed by atoms with Crippen LogP contribution in [0.5, 0.6) is 5.75 Å². The third-order valence-corrected chi connectivity index (χ3v) is 5.26. The molecule has 3 rings (SSSR count). The number of hydrogen-bond donors (Lipinski definition) is 1. The summed E-state index contributed by atoms with van der Waals surface area (Å²) in [6, 6.07) is 7.56. The Morgan fingerprint density at radius 2 is 2.15 bits per heavy atom. The van der Waals surface area contributed by atoms with Gasteiger partial charge in [0.2, 0.25) is 0 Å². The molecule has 3 nitrogen and oxygen atoms in total. The summed E-state index contributed by atoms with van der Waals surface area (Å²) < 4.78 is 6.58. The lowest BCUT2D eigenvalue weighted by atomic mass is 9.93. The van der Waals surface area contributed by atoms with Gasteiger partial charge in [0, 0.05) is 23.1 Å². The Balaban J connectivity index is 1.80. The zero-order valence-electron chi connectivity index (χ0n) is 12.2. The molecule has 1 aromatic rings. The van der Waals surface area contributed by atoms with E-state index in [2.05, 4.69) is 45.3 Å². The van der Waals surface area contributed by atoms with E-state index < -0.39 is 0 Å². The van der Waals surface area contributed by atoms with Crippen LogP contribution in [0.4, 0.5) is 0 Å². The normalized spacial score (nSPS) is 26.9. The lowest BCUT2D eigenvalue weighted by molar-refractivity contribution is 0.270. The number of nitrogens with zero attached hydrogens (tertiary/aromatic N) is 1. The number of hydrogen-bond acceptors (Lipinski definition) is 3. The van der Waals surface area contributed by atoms with Crippen LogP contribution in [0.2, 0.25) is 0 Å². The molecule has 2 fully saturated rings. The molecular weight excluding hydrogens is 316 g/mol. The summed E-state index contributed by atoms with van der Waals surface area (Å²) in [5, 5.41) is 3.69. The first-order chi connectivity index (χ1) is 9.69. The minimum Gasteiger partial charge on any atom is -0.497 e. The van der Waals surface area contributed by atoms with Crippen molar-refractivity contribution in [3.63, 3.8) is 0 Å². The van der Waals surface area contributed by atoms with Crippen LogP contribution in [0.25, 0.3) is 0 Å². The molecule has 0 bridgehead atoms. The summed E-state index contributed by atoms with van der Waals surface area (Å²) in [7, 11) is 3.96. The summed E-state index contributed by atoms with van der Waals surface area (Å²) >= 11 is 3.71. The second kappa shape index (κ2) is 6.04. The van der Waals surface area contributed by atoms with Gasteiger partial charge in [0.05, 0.1) is 7.11 Å². The van der Waals surface area contributed by atoms with Crippen molar-refractivity contribution in [3.05, 3.63) is 28.2 Å². The van der Waals surface area contributed by atoms with E-state index in [-0.39, 0.29) is 0 Å². The van der Waals surface area contributed by atoms with Gasteiger partial charge < -0.3 is 10.1 Å². The Morgan fingerprint density at radius 1 is 1.35 bits per heavy atom. The Kier molecular flexibility index (Phi) is 4.34. The topological polar surface area (TPSA) is 24.5 Å². The van der Waals surface area contributed by atoms with Crippen LogP contribution >= 0.6 is 15.9 Å². The average molecular weight is 339 g/mol. The van der Waals surface area contributed by atoms with E-state index >= 15 is 0 Å². The highest BCUT2D eigenvalue weighted by Crippen LogP contribution is 2.40. The molecule has 2 atom stereocenters. The molecule has 1 heterocycles. The van der Waals surface area contributed by atoms with Crippen molar-refractivity contribution in [2.45, 2.75) is 31.3 Å². The smallest absolute Gasteiger partial charge is 0.119 e. The van der Waals surface area contributed by atoms with Gasteiger partial charge in [-0.05, 0) is 62.5 Å². The summed E-state index contributed by atoms with van der Waals surface area (Å²) in [6.07, 6.45) is 3.98. The van der Waals surface area contributed by atoms with Gasteiger partial charge in [0.15, 0.2) is 0 Å². The number of rotatable bonds is 5. The molecule has 0 radical (unpaired) electrons. The first-order valence-electron chi connectivity index (χ1n) is 7.46. The van der Waals surface area contributed by atoms with Crippen LogP contribution in [-0.2, 0) is 0 Å². The number of benzene rings is 1. The van der Waals surface area contributed by atoms with E-state index in [1.807, 2.05) is 6.07 Å². The van der Waals surface area contributed by atoms with Gasteiger partial charge in [0.25, 0.3) is 0 Å². The van der Waals surface area contributed by atoms with Crippen LogP contribution in [0.1, 0.15) is 30.9 Å². The molecule has 0 spiro atoms. The SMILES string of the molecule is COc1ccc(Br)c(C2C(CNC3CC3)CCN2C)c1. The summed E-state index contributed by atoms with van der Waals surface area (Å²) in [6.45, 7) is 2.30. The molecule has 0 aromatic heterocycles. The van der Waals surface area contributed by atoms with Crippen molar-refractivity contribution in [2.24, 2.45) is 5.92 Å². The van der Waals surface area contributed by atoms with E-state index in [9.17, 15) is 0 Å². The van der Waals surface area contributed by atoms with Gasteiger partial charge in [0.1, 0.15) is 5.75 Å². The van der Waals surface area contributed by atoms with E-state index in [1.165, 1.54) is 35.8 Å². The van der Waals surface area contributed by atoms with Gasteiger partial charge in [-0.2, -0.15) is 0 Å². The van der Waals surface area contributed by atoms with Gasteiger partial charge in [-0.1, -0.05) is 15.9 Å². The Labute approximate surface area is 129 Å². The number of nitrogens with one attached hydrogen (secondary N) is 1. The van der Waals surface area contributed by atoms with E-state index in [4.69, 9.17) is 4.74 Å². The van der Waals surface area contributed by atoms with Crippen molar-refractivity contribution in [1.29, 1.82) is 0 Å². The van der Waals surface area contributed by atoms with Crippen molar-refractivity contribution in [1.82, 2.24) is 10.2 Å². The molecule has 1 aromatic carbocycles. The molecule has 2 unspecified atom stereocenters. The molecule has 2 aliphatic rings. The minimum absolute atomic E-state index is 0.478. The molecule has 4 heteroatoms. The fourth-order valence-electron chi connectivity index (χ4n) is 3.21. The molecule has 1 saturated carbocycles. The van der Waals surface area contributed by atoms with E-state index in [1.54, 1.807) is 7.11 Å². The highest BCUT2D eigenvalue weighted by Gasteiger charge is 2.35. The van der Waals surface area contributed by atoms with Crippen LogP contribution in [-0.4, -0.2) is 38.2 Å². The van der Waals surface area contributed by atoms with Crippen LogP contribution < -0.4 is 10.1 Å². The first-order valence-corrected chi connectivity index (χ1v) is 8.25. The highest BCUT2D eigenvalue weighted by molar-refractivity contribution is 9.10. The Bertz CT molecular complexity index is 476. The largest absolute Gasteiger partial charge is 0.497 e. The summed E-state index contributed by atoms with van der Waals surface area (Å²) in [4.78, 5) is 2.47. The van der Waals surface area contributed by atoms with Crippen molar-refractivity contribution in [2.75, 3.05) is 27.2 Å². The minimum atomic E-state index is 0.478. The van der Waals surface area contributed by atoms with E-state index in [0.29, 0.717) is 12.0 Å². The molecule has 20 heavy (non-hydrogen) atoms.